The van der Waals surface area contributed by atoms with Gasteiger partial charge >= 0.3 is 5.69 Å². The van der Waals surface area contributed by atoms with E-state index in [0.29, 0.717) is 5.82 Å². The topological polar surface area (TPSA) is 60.9 Å². The van der Waals surface area contributed by atoms with Crippen molar-refractivity contribution in [1.82, 2.24) is 9.55 Å². The second-order valence-electron chi connectivity index (χ2n) is 7.06. The Kier molecular flexibility index (Phi) is 10.4. The van der Waals surface area contributed by atoms with Crippen LogP contribution in [0.3, 0.4) is 0 Å². The van der Waals surface area contributed by atoms with Crippen LogP contribution in [0.15, 0.2) is 11.0 Å². The summed E-state index contributed by atoms with van der Waals surface area (Å²) in [5, 5.41) is 0. The molecular weight excluding hydrogens is 298 g/mol. The highest BCUT2D eigenvalue weighted by molar-refractivity contribution is 5.35. The molecular formula is C20H37N3O. The maximum Gasteiger partial charge on any atom is 0.349 e. The summed E-state index contributed by atoms with van der Waals surface area (Å²) in [6, 6.07) is 0.271. The lowest BCUT2D eigenvalue weighted by Crippen LogP contribution is -2.28. The Morgan fingerprint density at radius 3 is 1.96 bits per heavy atom. The highest BCUT2D eigenvalue weighted by Gasteiger charge is 2.14. The molecule has 0 aliphatic carbocycles. The molecule has 0 amide bonds. The summed E-state index contributed by atoms with van der Waals surface area (Å²) in [5.41, 5.74) is 6.49. The van der Waals surface area contributed by atoms with Crippen LogP contribution in [0.5, 0.6) is 0 Å². The Hall–Kier alpha value is -1.32. The van der Waals surface area contributed by atoms with Crippen molar-refractivity contribution < 1.29 is 0 Å². The fourth-order valence-electron chi connectivity index (χ4n) is 3.23. The number of nitrogen functional groups attached to an aromatic ring is 1. The summed E-state index contributed by atoms with van der Waals surface area (Å²) < 4.78 is 1.84. The quantitative estimate of drug-likeness (QED) is 0.491. The van der Waals surface area contributed by atoms with Gasteiger partial charge in [-0.2, -0.15) is 4.98 Å². The van der Waals surface area contributed by atoms with Crippen LogP contribution in [0.4, 0.5) is 5.82 Å². The Morgan fingerprint density at radius 2 is 1.46 bits per heavy atom. The third kappa shape index (κ3) is 7.50. The van der Waals surface area contributed by atoms with E-state index in [4.69, 9.17) is 5.73 Å². The van der Waals surface area contributed by atoms with E-state index in [1.54, 1.807) is 0 Å². The van der Waals surface area contributed by atoms with Gasteiger partial charge in [-0.15, -0.1) is 0 Å². The number of hydrogen-bond acceptors (Lipinski definition) is 3. The number of aryl methyl sites for hydroxylation is 1. The largest absolute Gasteiger partial charge is 0.383 e. The van der Waals surface area contributed by atoms with Gasteiger partial charge in [0, 0.05) is 17.8 Å². The van der Waals surface area contributed by atoms with Gasteiger partial charge in [0.05, 0.1) is 0 Å². The first-order valence-electron chi connectivity index (χ1n) is 9.95. The third-order valence-corrected chi connectivity index (χ3v) is 4.85. The van der Waals surface area contributed by atoms with Crippen molar-refractivity contribution in [3.05, 3.63) is 22.2 Å². The van der Waals surface area contributed by atoms with Gasteiger partial charge in [-0.05, 0) is 19.8 Å². The zero-order valence-corrected chi connectivity index (χ0v) is 16.0. The van der Waals surface area contributed by atoms with Gasteiger partial charge in [-0.1, -0.05) is 78.1 Å². The average Bonchev–Trinajstić information content (AvgIpc) is 2.56. The minimum atomic E-state index is -0.190. The summed E-state index contributed by atoms with van der Waals surface area (Å²) in [7, 11) is 0. The summed E-state index contributed by atoms with van der Waals surface area (Å²) >= 11 is 0. The predicted octanol–water partition coefficient (Wildman–Crippen LogP) is 5.40. The smallest absolute Gasteiger partial charge is 0.349 e. The molecule has 0 aliphatic heterocycles. The zero-order chi connectivity index (χ0) is 17.8. The molecule has 0 atom stereocenters. The van der Waals surface area contributed by atoms with Crippen molar-refractivity contribution in [2.75, 3.05) is 5.73 Å². The fraction of sp³-hybridized carbons (Fsp3) is 0.800. The van der Waals surface area contributed by atoms with Gasteiger partial charge in [-0.25, -0.2) is 4.79 Å². The van der Waals surface area contributed by atoms with Crippen LogP contribution in [-0.4, -0.2) is 9.55 Å². The molecule has 0 aromatic carbocycles. The molecule has 0 radical (unpaired) electrons. The van der Waals surface area contributed by atoms with Crippen molar-refractivity contribution in [3.63, 3.8) is 0 Å². The van der Waals surface area contributed by atoms with Crippen LogP contribution in [0.1, 0.15) is 103 Å². The number of unbranched alkanes of at least 4 members (excludes halogenated alkanes) is 8. The molecule has 1 aromatic rings. The van der Waals surface area contributed by atoms with Gasteiger partial charge in [0.2, 0.25) is 0 Å². The highest BCUT2D eigenvalue weighted by atomic mass is 16.1. The Morgan fingerprint density at radius 1 is 0.958 bits per heavy atom. The number of nitrogens with two attached hydrogens (primary N) is 1. The van der Waals surface area contributed by atoms with E-state index in [9.17, 15) is 4.79 Å². The van der Waals surface area contributed by atoms with Crippen LogP contribution in [-0.2, 0) is 0 Å². The molecule has 24 heavy (non-hydrogen) atoms. The zero-order valence-electron chi connectivity index (χ0n) is 16.0. The monoisotopic (exact) mass is 335 g/mol. The molecule has 4 heteroatoms. The van der Waals surface area contributed by atoms with E-state index in [1.165, 1.54) is 64.2 Å². The van der Waals surface area contributed by atoms with Gasteiger partial charge in [0.25, 0.3) is 0 Å². The van der Waals surface area contributed by atoms with Crippen molar-refractivity contribution in [2.24, 2.45) is 0 Å². The first-order valence-corrected chi connectivity index (χ1v) is 9.95. The third-order valence-electron chi connectivity index (χ3n) is 4.85. The first kappa shape index (κ1) is 20.7. The normalized spacial score (nSPS) is 11.3. The SMILES string of the molecule is CCCCCCCC(CCCCCCC)n1cc(C)c(N)nc1=O. The Balaban J connectivity index is 2.65. The molecule has 0 saturated carbocycles. The van der Waals surface area contributed by atoms with Gasteiger partial charge in [-0.3, -0.25) is 4.57 Å². The molecule has 138 valence electrons. The van der Waals surface area contributed by atoms with Crippen LogP contribution < -0.4 is 11.4 Å². The molecule has 0 aliphatic rings. The summed E-state index contributed by atoms with van der Waals surface area (Å²) in [6.45, 7) is 6.40. The van der Waals surface area contributed by atoms with Crippen molar-refractivity contribution in [1.29, 1.82) is 0 Å². The maximum atomic E-state index is 12.3. The van der Waals surface area contributed by atoms with Crippen molar-refractivity contribution in [3.8, 4) is 0 Å². The first-order chi connectivity index (χ1) is 11.6. The van der Waals surface area contributed by atoms with Crippen LogP contribution in [0, 0.1) is 6.92 Å². The predicted molar refractivity (Wildman–Crippen MR) is 103 cm³/mol. The standard InChI is InChI=1S/C20H37N3O/c1-4-6-8-10-12-14-18(15-13-11-9-7-5-2)23-16-17(3)19(21)22-20(23)24/h16,18H,4-15H2,1-3H3,(H2,21,22,24). The lowest BCUT2D eigenvalue weighted by atomic mass is 10.00. The fourth-order valence-corrected chi connectivity index (χ4v) is 3.23. The molecule has 1 rings (SSSR count). The molecule has 1 heterocycles. The van der Waals surface area contributed by atoms with Crippen molar-refractivity contribution >= 4 is 5.82 Å². The molecule has 0 unspecified atom stereocenters. The Labute approximate surface area is 147 Å². The summed E-state index contributed by atoms with van der Waals surface area (Å²) in [6.07, 6.45) is 16.7. The maximum absolute atomic E-state index is 12.3. The number of hydrogen-bond donors (Lipinski definition) is 1. The van der Waals surface area contributed by atoms with Gasteiger partial charge in [0.15, 0.2) is 0 Å². The van der Waals surface area contributed by atoms with E-state index in [2.05, 4.69) is 18.8 Å². The molecule has 0 saturated heterocycles. The van der Waals surface area contributed by atoms with Crippen LogP contribution in [0.25, 0.3) is 0 Å². The second-order valence-corrected chi connectivity index (χ2v) is 7.06. The average molecular weight is 336 g/mol. The van der Waals surface area contributed by atoms with E-state index in [1.807, 2.05) is 17.7 Å². The number of anilines is 1. The highest BCUT2D eigenvalue weighted by Crippen LogP contribution is 2.23. The number of nitrogens with zero attached hydrogens (tertiary/aromatic N) is 2. The molecule has 0 spiro atoms. The molecule has 1 aromatic heterocycles. The van der Waals surface area contributed by atoms with E-state index < -0.39 is 0 Å². The number of aromatic nitrogens is 2. The summed E-state index contributed by atoms with van der Waals surface area (Å²) in [5.74, 6) is 0.362. The molecule has 2 N–H and O–H groups in total. The van der Waals surface area contributed by atoms with Crippen LogP contribution >= 0.6 is 0 Å². The lowest BCUT2D eigenvalue weighted by molar-refractivity contribution is 0.382. The molecule has 4 nitrogen and oxygen atoms in total. The molecule has 0 fully saturated rings. The molecule has 0 bridgehead atoms. The van der Waals surface area contributed by atoms with E-state index in [-0.39, 0.29) is 11.7 Å². The number of rotatable bonds is 13. The second kappa shape index (κ2) is 12.1. The van der Waals surface area contributed by atoms with E-state index in [0.717, 1.165) is 18.4 Å². The minimum Gasteiger partial charge on any atom is -0.383 e. The minimum absolute atomic E-state index is 0.190. The van der Waals surface area contributed by atoms with Gasteiger partial charge < -0.3 is 5.73 Å². The van der Waals surface area contributed by atoms with Crippen LogP contribution in [0.2, 0.25) is 0 Å². The summed E-state index contributed by atoms with van der Waals surface area (Å²) in [4.78, 5) is 16.3. The van der Waals surface area contributed by atoms with Gasteiger partial charge in [0.1, 0.15) is 5.82 Å². The van der Waals surface area contributed by atoms with Crippen molar-refractivity contribution in [2.45, 2.75) is 104 Å². The van der Waals surface area contributed by atoms with E-state index >= 15 is 0 Å². The lowest BCUT2D eigenvalue weighted by Gasteiger charge is -2.20. The Bertz CT molecular complexity index is 496.